The number of likely N-dealkylation sites (tertiary alicyclic amines) is 1. The molecule has 1 heterocycles. The summed E-state index contributed by atoms with van der Waals surface area (Å²) in [4.78, 5) is 26.2. The number of benzene rings is 1. The van der Waals surface area contributed by atoms with Gasteiger partial charge in [0.2, 0.25) is 11.8 Å². The zero-order valence-electron chi connectivity index (χ0n) is 14.6. The van der Waals surface area contributed by atoms with Crippen molar-refractivity contribution in [3.05, 3.63) is 35.9 Å². The fourth-order valence-corrected chi connectivity index (χ4v) is 2.95. The molecule has 0 saturated carbocycles. The highest BCUT2D eigenvalue weighted by Crippen LogP contribution is 2.17. The second-order valence-corrected chi connectivity index (χ2v) is 6.46. The minimum Gasteiger partial charge on any atom is -0.355 e. The van der Waals surface area contributed by atoms with E-state index in [1.165, 1.54) is 0 Å². The Morgan fingerprint density at radius 2 is 1.83 bits per heavy atom. The Balaban J connectivity index is 1.64. The van der Waals surface area contributed by atoms with E-state index in [4.69, 9.17) is 0 Å². The quantitative estimate of drug-likeness (QED) is 0.716. The average Bonchev–Trinajstić information content (AvgIpc) is 2.61. The molecule has 2 amide bonds. The van der Waals surface area contributed by atoms with Crippen molar-refractivity contribution >= 4 is 11.8 Å². The van der Waals surface area contributed by atoms with Crippen LogP contribution in [0.4, 0.5) is 0 Å². The van der Waals surface area contributed by atoms with Gasteiger partial charge in [0.05, 0.1) is 6.54 Å². The molecule has 5 heteroatoms. The number of hydrogen-bond donors (Lipinski definition) is 2. The van der Waals surface area contributed by atoms with Crippen molar-refractivity contribution in [2.45, 2.75) is 39.2 Å². The summed E-state index contributed by atoms with van der Waals surface area (Å²) >= 11 is 0. The topological polar surface area (TPSA) is 61.4 Å². The smallest absolute Gasteiger partial charge is 0.234 e. The number of amides is 2. The highest BCUT2D eigenvalue weighted by molar-refractivity contribution is 5.79. The maximum atomic E-state index is 12.3. The van der Waals surface area contributed by atoms with E-state index in [1.807, 2.05) is 30.3 Å². The van der Waals surface area contributed by atoms with Crippen molar-refractivity contribution in [2.24, 2.45) is 5.92 Å². The van der Waals surface area contributed by atoms with Gasteiger partial charge in [-0.25, -0.2) is 0 Å². The monoisotopic (exact) mass is 331 g/mol. The van der Waals surface area contributed by atoms with E-state index in [9.17, 15) is 9.59 Å². The van der Waals surface area contributed by atoms with Gasteiger partial charge < -0.3 is 10.6 Å². The molecule has 0 aliphatic carbocycles. The van der Waals surface area contributed by atoms with Crippen LogP contribution in [0.25, 0.3) is 0 Å². The van der Waals surface area contributed by atoms with Crippen LogP contribution in [0.1, 0.15) is 38.2 Å². The van der Waals surface area contributed by atoms with Crippen LogP contribution in [0.2, 0.25) is 0 Å². The lowest BCUT2D eigenvalue weighted by molar-refractivity contribution is -0.127. The number of hydrogen-bond acceptors (Lipinski definition) is 3. The number of piperidine rings is 1. The Morgan fingerprint density at radius 1 is 1.12 bits per heavy atom. The van der Waals surface area contributed by atoms with Crippen molar-refractivity contribution in [3.63, 3.8) is 0 Å². The van der Waals surface area contributed by atoms with Gasteiger partial charge in [-0.1, -0.05) is 43.7 Å². The Labute approximate surface area is 144 Å². The molecule has 1 aromatic carbocycles. The minimum absolute atomic E-state index is 0.0631. The van der Waals surface area contributed by atoms with E-state index in [2.05, 4.69) is 22.5 Å². The van der Waals surface area contributed by atoms with Gasteiger partial charge in [0.15, 0.2) is 0 Å². The van der Waals surface area contributed by atoms with E-state index in [1.54, 1.807) is 0 Å². The number of carbonyl (C=O) groups excluding carboxylic acids is 2. The molecule has 0 radical (unpaired) electrons. The highest BCUT2D eigenvalue weighted by Gasteiger charge is 2.25. The van der Waals surface area contributed by atoms with Crippen LogP contribution in [0, 0.1) is 5.92 Å². The fourth-order valence-electron chi connectivity index (χ4n) is 2.95. The lowest BCUT2D eigenvalue weighted by Gasteiger charge is -2.30. The van der Waals surface area contributed by atoms with E-state index >= 15 is 0 Å². The van der Waals surface area contributed by atoms with Crippen molar-refractivity contribution < 1.29 is 9.59 Å². The molecule has 0 aromatic heterocycles. The van der Waals surface area contributed by atoms with Gasteiger partial charge in [-0.3, -0.25) is 14.5 Å². The number of unbranched alkanes of at least 4 members (excludes halogenated alkanes) is 1. The molecular weight excluding hydrogens is 302 g/mol. The number of rotatable bonds is 8. The van der Waals surface area contributed by atoms with E-state index in [-0.39, 0.29) is 17.7 Å². The third-order valence-corrected chi connectivity index (χ3v) is 4.49. The zero-order chi connectivity index (χ0) is 17.2. The predicted molar refractivity (Wildman–Crippen MR) is 95.4 cm³/mol. The van der Waals surface area contributed by atoms with Crippen LogP contribution in [0.3, 0.4) is 0 Å². The Kier molecular flexibility index (Phi) is 7.75. The number of nitrogens with zero attached hydrogens (tertiary/aromatic N) is 1. The second-order valence-electron chi connectivity index (χ2n) is 6.46. The van der Waals surface area contributed by atoms with Crippen molar-refractivity contribution in [2.75, 3.05) is 26.2 Å². The maximum absolute atomic E-state index is 12.3. The minimum atomic E-state index is 0.0631. The predicted octanol–water partition coefficient (Wildman–Crippen LogP) is 1.93. The summed E-state index contributed by atoms with van der Waals surface area (Å²) in [6, 6.07) is 9.95. The fraction of sp³-hybridized carbons (Fsp3) is 0.579. The standard InChI is InChI=1S/C19H29N3O2/c1-2-3-11-20-18(23)15-22-12-9-17(10-13-22)19(24)21-14-16-7-5-4-6-8-16/h4-8,17H,2-3,9-15H2,1H3,(H,20,23)(H,21,24). The molecule has 0 bridgehead atoms. The van der Waals surface area contributed by atoms with Crippen LogP contribution in [0.15, 0.2) is 30.3 Å². The summed E-state index contributed by atoms with van der Waals surface area (Å²) in [7, 11) is 0. The number of carbonyl (C=O) groups is 2. The second kappa shape index (κ2) is 10.1. The molecule has 1 saturated heterocycles. The molecule has 24 heavy (non-hydrogen) atoms. The van der Waals surface area contributed by atoms with Gasteiger partial charge in [0, 0.05) is 19.0 Å². The molecule has 2 N–H and O–H groups in total. The van der Waals surface area contributed by atoms with Crippen LogP contribution in [-0.2, 0) is 16.1 Å². The summed E-state index contributed by atoms with van der Waals surface area (Å²) in [5, 5.41) is 5.97. The molecule has 5 nitrogen and oxygen atoms in total. The molecule has 1 aliphatic rings. The van der Waals surface area contributed by atoms with Crippen LogP contribution in [0.5, 0.6) is 0 Å². The summed E-state index contributed by atoms with van der Waals surface area (Å²) in [5.41, 5.74) is 1.12. The molecule has 0 spiro atoms. The van der Waals surface area contributed by atoms with Gasteiger partial charge in [-0.05, 0) is 37.9 Å². The number of nitrogens with one attached hydrogen (secondary N) is 2. The van der Waals surface area contributed by atoms with E-state index < -0.39 is 0 Å². The van der Waals surface area contributed by atoms with Gasteiger partial charge in [0.1, 0.15) is 0 Å². The van der Waals surface area contributed by atoms with Crippen molar-refractivity contribution in [1.82, 2.24) is 15.5 Å². The Hall–Kier alpha value is -1.88. The van der Waals surface area contributed by atoms with Crippen molar-refractivity contribution in [3.8, 4) is 0 Å². The molecule has 132 valence electrons. The summed E-state index contributed by atoms with van der Waals surface area (Å²) in [5.74, 6) is 0.287. The lowest BCUT2D eigenvalue weighted by atomic mass is 9.96. The van der Waals surface area contributed by atoms with Gasteiger partial charge in [0.25, 0.3) is 0 Å². The molecule has 0 atom stereocenters. The highest BCUT2D eigenvalue weighted by atomic mass is 16.2. The molecule has 1 aliphatic heterocycles. The first-order chi connectivity index (χ1) is 11.7. The van der Waals surface area contributed by atoms with E-state index in [0.29, 0.717) is 13.1 Å². The first-order valence-electron chi connectivity index (χ1n) is 8.99. The third-order valence-electron chi connectivity index (χ3n) is 4.49. The molecular formula is C19H29N3O2. The van der Waals surface area contributed by atoms with Gasteiger partial charge in [-0.2, -0.15) is 0 Å². The summed E-state index contributed by atoms with van der Waals surface area (Å²) < 4.78 is 0. The van der Waals surface area contributed by atoms with Crippen molar-refractivity contribution in [1.29, 1.82) is 0 Å². The largest absolute Gasteiger partial charge is 0.355 e. The third kappa shape index (κ3) is 6.32. The Bertz CT molecular complexity index is 511. The summed E-state index contributed by atoms with van der Waals surface area (Å²) in [6.45, 7) is 5.52. The molecule has 0 unspecified atom stereocenters. The van der Waals surface area contributed by atoms with Crippen LogP contribution >= 0.6 is 0 Å². The molecule has 1 aromatic rings. The first-order valence-corrected chi connectivity index (χ1v) is 8.99. The van der Waals surface area contributed by atoms with Gasteiger partial charge in [-0.15, -0.1) is 0 Å². The van der Waals surface area contributed by atoms with Crippen LogP contribution < -0.4 is 10.6 Å². The summed E-state index contributed by atoms with van der Waals surface area (Å²) in [6.07, 6.45) is 3.75. The average molecular weight is 331 g/mol. The normalized spacial score (nSPS) is 15.9. The van der Waals surface area contributed by atoms with E-state index in [0.717, 1.165) is 50.9 Å². The molecule has 2 rings (SSSR count). The first kappa shape index (κ1) is 18.5. The molecule has 1 fully saturated rings. The van der Waals surface area contributed by atoms with Crippen LogP contribution in [-0.4, -0.2) is 42.9 Å². The maximum Gasteiger partial charge on any atom is 0.234 e. The Morgan fingerprint density at radius 3 is 2.50 bits per heavy atom. The zero-order valence-corrected chi connectivity index (χ0v) is 14.6. The lowest BCUT2D eigenvalue weighted by Crippen LogP contribution is -2.44. The SMILES string of the molecule is CCCCNC(=O)CN1CCC(C(=O)NCc2ccccc2)CC1. The van der Waals surface area contributed by atoms with Gasteiger partial charge >= 0.3 is 0 Å².